The number of hydrogen-bond acceptors (Lipinski definition) is 4. The van der Waals surface area contributed by atoms with Crippen LogP contribution in [0.15, 0.2) is 24.5 Å². The fourth-order valence-corrected chi connectivity index (χ4v) is 4.29. The third-order valence-corrected chi connectivity index (χ3v) is 5.27. The van der Waals surface area contributed by atoms with Crippen LogP contribution in [-0.4, -0.2) is 30.8 Å². The van der Waals surface area contributed by atoms with Gasteiger partial charge in [0.2, 0.25) is 0 Å². The van der Waals surface area contributed by atoms with E-state index < -0.39 is 0 Å². The fourth-order valence-electron chi connectivity index (χ4n) is 2.88. The van der Waals surface area contributed by atoms with Gasteiger partial charge in [-0.3, -0.25) is 14.6 Å². The SMILES string of the molecule is CCSC1CCC(n2c(-c3cccnc3)n[nH]c2=S)C1. The number of thioether (sulfide) groups is 1. The van der Waals surface area contributed by atoms with E-state index in [1.54, 1.807) is 6.20 Å². The van der Waals surface area contributed by atoms with Crippen molar-refractivity contribution in [1.29, 1.82) is 0 Å². The highest BCUT2D eigenvalue weighted by Crippen LogP contribution is 2.38. The molecule has 20 heavy (non-hydrogen) atoms. The Kier molecular flexibility index (Phi) is 4.21. The van der Waals surface area contributed by atoms with Crippen LogP contribution >= 0.6 is 24.0 Å². The molecule has 4 nitrogen and oxygen atoms in total. The predicted molar refractivity (Wildman–Crippen MR) is 85.5 cm³/mol. The molecule has 6 heteroatoms. The van der Waals surface area contributed by atoms with Crippen LogP contribution in [-0.2, 0) is 0 Å². The average molecular weight is 306 g/mol. The number of nitrogens with one attached hydrogen (secondary N) is 1. The molecule has 0 spiro atoms. The van der Waals surface area contributed by atoms with Gasteiger partial charge in [0.25, 0.3) is 0 Å². The van der Waals surface area contributed by atoms with Gasteiger partial charge in [-0.15, -0.1) is 0 Å². The highest BCUT2D eigenvalue weighted by atomic mass is 32.2. The molecule has 2 aromatic rings. The van der Waals surface area contributed by atoms with Crippen molar-refractivity contribution in [1.82, 2.24) is 19.7 Å². The molecular formula is C14H18N4S2. The van der Waals surface area contributed by atoms with E-state index in [2.05, 4.69) is 38.4 Å². The second kappa shape index (κ2) is 6.10. The van der Waals surface area contributed by atoms with Crippen molar-refractivity contribution in [2.75, 3.05) is 5.75 Å². The van der Waals surface area contributed by atoms with Gasteiger partial charge < -0.3 is 0 Å². The second-order valence-electron chi connectivity index (χ2n) is 5.01. The molecule has 1 N–H and O–H groups in total. The lowest BCUT2D eigenvalue weighted by atomic mass is 10.2. The number of nitrogens with zero attached hydrogens (tertiary/aromatic N) is 3. The summed E-state index contributed by atoms with van der Waals surface area (Å²) in [4.78, 5) is 4.18. The van der Waals surface area contributed by atoms with Crippen molar-refractivity contribution in [3.63, 3.8) is 0 Å². The summed E-state index contributed by atoms with van der Waals surface area (Å²) in [6.45, 7) is 2.22. The number of H-pyrrole nitrogens is 1. The van der Waals surface area contributed by atoms with E-state index >= 15 is 0 Å². The van der Waals surface area contributed by atoms with Crippen molar-refractivity contribution >= 4 is 24.0 Å². The molecule has 1 aliphatic rings. The maximum atomic E-state index is 5.43. The first kappa shape index (κ1) is 13.8. The first-order valence-electron chi connectivity index (χ1n) is 6.98. The standard InChI is InChI=1S/C14H18N4S2/c1-2-20-12-6-5-11(8-12)18-13(16-17-14(18)19)10-4-3-7-15-9-10/h3-4,7,9,11-12H,2,5-6,8H2,1H3,(H,17,19). The Hall–Kier alpha value is -1.14. The van der Waals surface area contributed by atoms with Gasteiger partial charge in [-0.25, -0.2) is 0 Å². The largest absolute Gasteiger partial charge is 0.297 e. The van der Waals surface area contributed by atoms with Crippen molar-refractivity contribution in [2.24, 2.45) is 0 Å². The lowest BCUT2D eigenvalue weighted by molar-refractivity contribution is 0.517. The molecule has 2 unspecified atom stereocenters. The van der Waals surface area contributed by atoms with Gasteiger partial charge in [-0.05, 0) is 49.4 Å². The highest BCUT2D eigenvalue weighted by molar-refractivity contribution is 7.99. The van der Waals surface area contributed by atoms with Gasteiger partial charge in [0.15, 0.2) is 10.6 Å². The first-order valence-corrected chi connectivity index (χ1v) is 8.44. The molecule has 106 valence electrons. The zero-order valence-electron chi connectivity index (χ0n) is 11.5. The highest BCUT2D eigenvalue weighted by Gasteiger charge is 2.28. The smallest absolute Gasteiger partial charge is 0.195 e. The number of aromatic amines is 1. The summed E-state index contributed by atoms with van der Waals surface area (Å²) in [5.41, 5.74) is 1.02. The molecular weight excluding hydrogens is 288 g/mol. The summed E-state index contributed by atoms with van der Waals surface area (Å²) in [5, 5.41) is 8.09. The van der Waals surface area contributed by atoms with Gasteiger partial charge in [0, 0.05) is 29.2 Å². The number of hydrogen-bond donors (Lipinski definition) is 1. The van der Waals surface area contributed by atoms with Gasteiger partial charge in [0.1, 0.15) is 0 Å². The summed E-state index contributed by atoms with van der Waals surface area (Å²) < 4.78 is 2.90. The van der Waals surface area contributed by atoms with Crippen molar-refractivity contribution in [2.45, 2.75) is 37.5 Å². The Morgan fingerprint density at radius 2 is 2.40 bits per heavy atom. The Morgan fingerprint density at radius 1 is 1.50 bits per heavy atom. The van der Waals surface area contributed by atoms with E-state index in [0.29, 0.717) is 6.04 Å². The molecule has 2 heterocycles. The van der Waals surface area contributed by atoms with Gasteiger partial charge in [-0.1, -0.05) is 6.92 Å². The summed E-state index contributed by atoms with van der Waals surface area (Å²) >= 11 is 7.49. The summed E-state index contributed by atoms with van der Waals surface area (Å²) in [5.74, 6) is 2.10. The quantitative estimate of drug-likeness (QED) is 0.872. The molecule has 3 rings (SSSR count). The normalized spacial score (nSPS) is 22.2. The number of aromatic nitrogens is 4. The van der Waals surface area contributed by atoms with E-state index in [4.69, 9.17) is 12.2 Å². The van der Waals surface area contributed by atoms with Crippen LogP contribution in [0.3, 0.4) is 0 Å². The van der Waals surface area contributed by atoms with Crippen molar-refractivity contribution in [3.8, 4) is 11.4 Å². The second-order valence-corrected chi connectivity index (χ2v) is 6.97. The van der Waals surface area contributed by atoms with Gasteiger partial charge in [-0.2, -0.15) is 16.9 Å². The van der Waals surface area contributed by atoms with E-state index in [1.807, 2.05) is 18.3 Å². The van der Waals surface area contributed by atoms with Crippen LogP contribution in [0.2, 0.25) is 0 Å². The summed E-state index contributed by atoms with van der Waals surface area (Å²) in [7, 11) is 0. The van der Waals surface area contributed by atoms with Crippen LogP contribution < -0.4 is 0 Å². The van der Waals surface area contributed by atoms with Crippen LogP contribution in [0.1, 0.15) is 32.2 Å². The Balaban J connectivity index is 1.91. The van der Waals surface area contributed by atoms with E-state index in [-0.39, 0.29) is 0 Å². The Labute approximate surface area is 128 Å². The molecule has 0 saturated heterocycles. The molecule has 0 aliphatic heterocycles. The number of rotatable bonds is 4. The van der Waals surface area contributed by atoms with Crippen LogP contribution in [0.5, 0.6) is 0 Å². The van der Waals surface area contributed by atoms with E-state index in [0.717, 1.165) is 21.4 Å². The van der Waals surface area contributed by atoms with Gasteiger partial charge >= 0.3 is 0 Å². The maximum absolute atomic E-state index is 5.43. The topological polar surface area (TPSA) is 46.5 Å². The van der Waals surface area contributed by atoms with Gasteiger partial charge in [0.05, 0.1) is 0 Å². The zero-order chi connectivity index (χ0) is 13.9. The van der Waals surface area contributed by atoms with Crippen molar-refractivity contribution < 1.29 is 0 Å². The van der Waals surface area contributed by atoms with E-state index in [1.165, 1.54) is 25.0 Å². The molecule has 1 fully saturated rings. The lowest BCUT2D eigenvalue weighted by Crippen LogP contribution is -2.08. The summed E-state index contributed by atoms with van der Waals surface area (Å²) in [6, 6.07) is 4.42. The molecule has 0 aromatic carbocycles. The first-order chi connectivity index (χ1) is 9.79. The number of pyridine rings is 1. The minimum Gasteiger partial charge on any atom is -0.297 e. The molecule has 0 amide bonds. The van der Waals surface area contributed by atoms with Crippen LogP contribution in [0, 0.1) is 4.77 Å². The Morgan fingerprint density at radius 3 is 3.15 bits per heavy atom. The third-order valence-electron chi connectivity index (χ3n) is 3.75. The van der Waals surface area contributed by atoms with Crippen molar-refractivity contribution in [3.05, 3.63) is 29.3 Å². The van der Waals surface area contributed by atoms with E-state index in [9.17, 15) is 0 Å². The summed E-state index contributed by atoms with van der Waals surface area (Å²) in [6.07, 6.45) is 7.24. The van der Waals surface area contributed by atoms with Crippen LogP contribution in [0.25, 0.3) is 11.4 Å². The van der Waals surface area contributed by atoms with Crippen LogP contribution in [0.4, 0.5) is 0 Å². The average Bonchev–Trinajstić information content (AvgIpc) is 3.07. The molecule has 2 aromatic heterocycles. The molecule has 0 bridgehead atoms. The zero-order valence-corrected chi connectivity index (χ0v) is 13.1. The lowest BCUT2D eigenvalue weighted by Gasteiger charge is -2.14. The monoisotopic (exact) mass is 306 g/mol. The minimum absolute atomic E-state index is 0.459. The maximum Gasteiger partial charge on any atom is 0.195 e. The molecule has 1 saturated carbocycles. The minimum atomic E-state index is 0.459. The fraction of sp³-hybridized carbons (Fsp3) is 0.500. The Bertz CT molecular complexity index is 620. The molecule has 1 aliphatic carbocycles. The third kappa shape index (κ3) is 2.67. The molecule has 2 atom stereocenters. The molecule has 0 radical (unpaired) electrons. The predicted octanol–water partition coefficient (Wildman–Crippen LogP) is 3.85.